The monoisotopic (exact) mass is 408 g/mol. The molecule has 30 heavy (non-hydrogen) atoms. The van der Waals surface area contributed by atoms with E-state index in [1.54, 1.807) is 50.6 Å². The summed E-state index contributed by atoms with van der Waals surface area (Å²) in [7, 11) is 3.12. The second kappa shape index (κ2) is 8.61. The highest BCUT2D eigenvalue weighted by atomic mass is 16.5. The average Bonchev–Trinajstić information content (AvgIpc) is 3.08. The quantitative estimate of drug-likeness (QED) is 0.402. The first kappa shape index (κ1) is 20.0. The van der Waals surface area contributed by atoms with Crippen molar-refractivity contribution in [3.63, 3.8) is 0 Å². The van der Waals surface area contributed by atoms with Gasteiger partial charge in [0.25, 0.3) is 0 Å². The van der Waals surface area contributed by atoms with E-state index >= 15 is 0 Å². The van der Waals surface area contributed by atoms with Crippen LogP contribution in [-0.4, -0.2) is 26.0 Å². The van der Waals surface area contributed by atoms with Gasteiger partial charge < -0.3 is 18.9 Å². The predicted molar refractivity (Wildman–Crippen MR) is 111 cm³/mol. The molecule has 0 aromatic heterocycles. The SMILES string of the molecule is COc1ccc(C=C2Oc3cc(OC(=O)C4CCCCC4)ccc3C2=O)cc1OC. The van der Waals surface area contributed by atoms with Gasteiger partial charge in [-0.15, -0.1) is 0 Å². The molecule has 1 saturated carbocycles. The highest BCUT2D eigenvalue weighted by molar-refractivity contribution is 6.14. The first-order valence-corrected chi connectivity index (χ1v) is 10.1. The number of hydrogen-bond donors (Lipinski definition) is 0. The molecule has 0 unspecified atom stereocenters. The van der Waals surface area contributed by atoms with Crippen molar-refractivity contribution in [3.05, 3.63) is 53.3 Å². The Balaban J connectivity index is 1.51. The van der Waals surface area contributed by atoms with Crippen molar-refractivity contribution in [2.24, 2.45) is 5.92 Å². The summed E-state index contributed by atoms with van der Waals surface area (Å²) in [6.45, 7) is 0. The van der Waals surface area contributed by atoms with Crippen LogP contribution in [0.15, 0.2) is 42.2 Å². The highest BCUT2D eigenvalue weighted by Crippen LogP contribution is 2.36. The zero-order valence-electron chi connectivity index (χ0n) is 17.1. The Morgan fingerprint density at radius 2 is 1.77 bits per heavy atom. The van der Waals surface area contributed by atoms with Crippen LogP contribution in [0.25, 0.3) is 6.08 Å². The fraction of sp³-hybridized carbons (Fsp3) is 0.333. The molecule has 1 aliphatic carbocycles. The standard InChI is InChI=1S/C24H24O6/c1-27-19-11-8-15(12-21(19)28-2)13-22-23(25)18-10-9-17(14-20(18)30-22)29-24(26)16-6-4-3-5-7-16/h8-14,16H,3-7H2,1-2H3. The summed E-state index contributed by atoms with van der Waals surface area (Å²) in [6.07, 6.45) is 6.69. The summed E-state index contributed by atoms with van der Waals surface area (Å²) in [5, 5.41) is 0. The average molecular weight is 408 g/mol. The molecular formula is C24H24O6. The Morgan fingerprint density at radius 3 is 2.50 bits per heavy atom. The van der Waals surface area contributed by atoms with Crippen LogP contribution in [0.5, 0.6) is 23.0 Å². The Kier molecular flexibility index (Phi) is 5.74. The molecule has 0 spiro atoms. The van der Waals surface area contributed by atoms with E-state index in [9.17, 15) is 9.59 Å². The molecule has 0 N–H and O–H groups in total. The number of esters is 1. The molecule has 0 radical (unpaired) electrons. The van der Waals surface area contributed by atoms with Crippen molar-refractivity contribution in [3.8, 4) is 23.0 Å². The van der Waals surface area contributed by atoms with Gasteiger partial charge in [0.1, 0.15) is 11.5 Å². The third-order valence-corrected chi connectivity index (χ3v) is 5.50. The molecule has 6 nitrogen and oxygen atoms in total. The molecule has 0 atom stereocenters. The normalized spacial score (nSPS) is 17.4. The van der Waals surface area contributed by atoms with Gasteiger partial charge in [0.05, 0.1) is 25.7 Å². The fourth-order valence-corrected chi connectivity index (χ4v) is 3.86. The summed E-state index contributed by atoms with van der Waals surface area (Å²) >= 11 is 0. The molecule has 2 aromatic rings. The Hall–Kier alpha value is -3.28. The number of ketones is 1. The first-order valence-electron chi connectivity index (χ1n) is 10.1. The van der Waals surface area contributed by atoms with Crippen LogP contribution >= 0.6 is 0 Å². The number of carbonyl (C=O) groups excluding carboxylic acids is 2. The highest BCUT2D eigenvalue weighted by Gasteiger charge is 2.29. The lowest BCUT2D eigenvalue weighted by Gasteiger charge is -2.19. The van der Waals surface area contributed by atoms with Crippen LogP contribution < -0.4 is 18.9 Å². The number of hydrogen-bond acceptors (Lipinski definition) is 6. The molecule has 1 fully saturated rings. The predicted octanol–water partition coefficient (Wildman–Crippen LogP) is 4.81. The Bertz CT molecular complexity index is 1000. The van der Waals surface area contributed by atoms with Gasteiger partial charge >= 0.3 is 5.97 Å². The maximum atomic E-state index is 12.7. The molecule has 2 aliphatic rings. The molecule has 2 aromatic carbocycles. The number of rotatable bonds is 5. The molecule has 4 rings (SSSR count). The minimum Gasteiger partial charge on any atom is -0.493 e. The van der Waals surface area contributed by atoms with Crippen LogP contribution in [0.4, 0.5) is 0 Å². The molecule has 6 heteroatoms. The van der Waals surface area contributed by atoms with Gasteiger partial charge in [0.2, 0.25) is 5.78 Å². The van der Waals surface area contributed by atoms with Crippen molar-refractivity contribution in [2.45, 2.75) is 32.1 Å². The number of benzene rings is 2. The topological polar surface area (TPSA) is 71.1 Å². The zero-order chi connectivity index (χ0) is 21.1. The molecule has 0 amide bonds. The molecular weight excluding hydrogens is 384 g/mol. The second-order valence-electron chi connectivity index (χ2n) is 7.47. The number of methoxy groups -OCH3 is 2. The van der Waals surface area contributed by atoms with Crippen LogP contribution in [-0.2, 0) is 4.79 Å². The Morgan fingerprint density at radius 1 is 1.00 bits per heavy atom. The number of fused-ring (bicyclic) bond motifs is 1. The van der Waals surface area contributed by atoms with E-state index in [4.69, 9.17) is 18.9 Å². The number of allylic oxidation sites excluding steroid dienone is 1. The second-order valence-corrected chi connectivity index (χ2v) is 7.47. The lowest BCUT2D eigenvalue weighted by molar-refractivity contribution is -0.139. The van der Waals surface area contributed by atoms with Crippen LogP contribution in [0.2, 0.25) is 0 Å². The maximum Gasteiger partial charge on any atom is 0.314 e. The van der Waals surface area contributed by atoms with Gasteiger partial charge in [-0.1, -0.05) is 25.3 Å². The van der Waals surface area contributed by atoms with E-state index in [0.29, 0.717) is 28.6 Å². The Labute approximate surface area is 175 Å². The minimum absolute atomic E-state index is 0.0462. The number of ether oxygens (including phenoxy) is 4. The number of carbonyl (C=O) groups is 2. The first-order chi connectivity index (χ1) is 14.6. The van der Waals surface area contributed by atoms with Crippen LogP contribution in [0, 0.1) is 5.92 Å². The summed E-state index contributed by atoms with van der Waals surface area (Å²) in [5.74, 6) is 1.68. The van der Waals surface area contributed by atoms with Crippen molar-refractivity contribution in [1.82, 2.24) is 0 Å². The lowest BCUT2D eigenvalue weighted by atomic mass is 9.89. The fourth-order valence-electron chi connectivity index (χ4n) is 3.86. The molecule has 0 bridgehead atoms. The van der Waals surface area contributed by atoms with Crippen molar-refractivity contribution in [1.29, 1.82) is 0 Å². The van der Waals surface area contributed by atoms with E-state index in [0.717, 1.165) is 31.2 Å². The van der Waals surface area contributed by atoms with Crippen molar-refractivity contribution < 1.29 is 28.5 Å². The lowest BCUT2D eigenvalue weighted by Crippen LogP contribution is -2.22. The van der Waals surface area contributed by atoms with E-state index in [2.05, 4.69) is 0 Å². The third kappa shape index (κ3) is 4.03. The van der Waals surface area contributed by atoms with Gasteiger partial charge in [0, 0.05) is 6.07 Å². The van der Waals surface area contributed by atoms with Gasteiger partial charge in [0.15, 0.2) is 17.3 Å². The van der Waals surface area contributed by atoms with Gasteiger partial charge in [-0.25, -0.2) is 0 Å². The van der Waals surface area contributed by atoms with Gasteiger partial charge in [-0.05, 0) is 48.7 Å². The minimum atomic E-state index is -0.218. The van der Waals surface area contributed by atoms with Gasteiger partial charge in [-0.3, -0.25) is 9.59 Å². The van der Waals surface area contributed by atoms with Crippen molar-refractivity contribution in [2.75, 3.05) is 14.2 Å². The summed E-state index contributed by atoms with van der Waals surface area (Å²) in [4.78, 5) is 25.1. The van der Waals surface area contributed by atoms with Gasteiger partial charge in [-0.2, -0.15) is 0 Å². The summed E-state index contributed by atoms with van der Waals surface area (Å²) < 4.78 is 21.9. The summed E-state index contributed by atoms with van der Waals surface area (Å²) in [6, 6.07) is 10.2. The van der Waals surface area contributed by atoms with E-state index in [1.807, 2.05) is 6.07 Å². The summed E-state index contributed by atoms with van der Waals surface area (Å²) in [5.41, 5.74) is 1.19. The smallest absolute Gasteiger partial charge is 0.314 e. The molecule has 1 aliphatic heterocycles. The van der Waals surface area contributed by atoms with E-state index in [1.165, 1.54) is 6.42 Å². The zero-order valence-corrected chi connectivity index (χ0v) is 17.1. The molecule has 156 valence electrons. The number of Topliss-reactive ketones (excluding diaryl/α,β-unsaturated/α-hetero) is 1. The van der Waals surface area contributed by atoms with E-state index in [-0.39, 0.29) is 23.4 Å². The largest absolute Gasteiger partial charge is 0.493 e. The van der Waals surface area contributed by atoms with Crippen LogP contribution in [0.3, 0.4) is 0 Å². The molecule has 0 saturated heterocycles. The maximum absolute atomic E-state index is 12.7. The molecule has 1 heterocycles. The third-order valence-electron chi connectivity index (χ3n) is 5.50. The van der Waals surface area contributed by atoms with Crippen molar-refractivity contribution >= 4 is 17.8 Å². The van der Waals surface area contributed by atoms with E-state index < -0.39 is 0 Å². The van der Waals surface area contributed by atoms with Crippen LogP contribution in [0.1, 0.15) is 48.0 Å².